The van der Waals surface area contributed by atoms with Crippen LogP contribution in [0.4, 0.5) is 0 Å². The lowest BCUT2D eigenvalue weighted by Gasteiger charge is -2.24. The average molecular weight is 144 g/mol. The van der Waals surface area contributed by atoms with Gasteiger partial charge in [-0.25, -0.2) is 0 Å². The first-order valence-corrected chi connectivity index (χ1v) is 3.65. The Morgan fingerprint density at radius 2 is 2.40 bits per heavy atom. The number of hydrogen-bond acceptors (Lipinski definition) is 3. The fraction of sp³-hybridized carbons (Fsp3) is 1.00. The van der Waals surface area contributed by atoms with Crippen molar-refractivity contribution in [2.24, 2.45) is 11.1 Å². The molecule has 1 heterocycles. The van der Waals surface area contributed by atoms with E-state index < -0.39 is 0 Å². The van der Waals surface area contributed by atoms with E-state index in [9.17, 15) is 5.11 Å². The smallest absolute Gasteiger partial charge is 0.0744 e. The van der Waals surface area contributed by atoms with Gasteiger partial charge >= 0.3 is 0 Å². The van der Waals surface area contributed by atoms with Crippen LogP contribution in [0, 0.1) is 5.41 Å². The zero-order chi connectivity index (χ0) is 7.78. The molecule has 0 bridgehead atoms. The van der Waals surface area contributed by atoms with Crippen molar-refractivity contribution in [3.8, 4) is 0 Å². The van der Waals surface area contributed by atoms with Gasteiger partial charge in [0, 0.05) is 25.0 Å². The SMILES string of the molecule is CN1CC(O)C(C)(CN)C1. The van der Waals surface area contributed by atoms with E-state index in [1.54, 1.807) is 0 Å². The number of nitrogens with two attached hydrogens (primary N) is 1. The number of likely N-dealkylation sites (N-methyl/N-ethyl adjacent to an activating group) is 1. The zero-order valence-corrected chi connectivity index (χ0v) is 6.67. The van der Waals surface area contributed by atoms with Gasteiger partial charge in [-0.15, -0.1) is 0 Å². The van der Waals surface area contributed by atoms with Gasteiger partial charge in [0.15, 0.2) is 0 Å². The third kappa shape index (κ3) is 1.17. The maximum Gasteiger partial charge on any atom is 0.0744 e. The van der Waals surface area contributed by atoms with Crippen LogP contribution in [0.5, 0.6) is 0 Å². The van der Waals surface area contributed by atoms with Crippen molar-refractivity contribution in [3.63, 3.8) is 0 Å². The number of aliphatic hydroxyl groups is 1. The third-order valence-electron chi connectivity index (χ3n) is 2.39. The topological polar surface area (TPSA) is 49.5 Å². The summed E-state index contributed by atoms with van der Waals surface area (Å²) in [5, 5.41) is 9.50. The first kappa shape index (κ1) is 7.98. The molecule has 1 rings (SSSR count). The molecule has 1 saturated heterocycles. The van der Waals surface area contributed by atoms with Crippen molar-refractivity contribution in [2.45, 2.75) is 13.0 Å². The second-order valence-electron chi connectivity index (χ2n) is 3.57. The Morgan fingerprint density at radius 1 is 1.80 bits per heavy atom. The van der Waals surface area contributed by atoms with Crippen LogP contribution in [0.1, 0.15) is 6.92 Å². The summed E-state index contributed by atoms with van der Waals surface area (Å²) in [6.45, 7) is 4.26. The van der Waals surface area contributed by atoms with Gasteiger partial charge in [0.25, 0.3) is 0 Å². The van der Waals surface area contributed by atoms with Crippen LogP contribution in [0.3, 0.4) is 0 Å². The monoisotopic (exact) mass is 144 g/mol. The predicted molar refractivity (Wildman–Crippen MR) is 40.7 cm³/mol. The lowest BCUT2D eigenvalue weighted by atomic mass is 9.88. The molecule has 0 amide bonds. The molecule has 3 N–H and O–H groups in total. The molecule has 3 heteroatoms. The average Bonchev–Trinajstić information content (AvgIpc) is 2.09. The summed E-state index contributed by atoms with van der Waals surface area (Å²) < 4.78 is 0. The number of β-amino-alcohol motifs (C(OH)–C–C–N with tert-alkyl or cyclic N) is 1. The van der Waals surface area contributed by atoms with Crippen molar-refractivity contribution in [1.29, 1.82) is 0 Å². The molecule has 10 heavy (non-hydrogen) atoms. The fourth-order valence-corrected chi connectivity index (χ4v) is 1.50. The quantitative estimate of drug-likeness (QED) is 0.509. The minimum absolute atomic E-state index is 0.0747. The van der Waals surface area contributed by atoms with Crippen LogP contribution < -0.4 is 5.73 Å². The molecule has 0 aliphatic carbocycles. The number of nitrogens with zero attached hydrogens (tertiary/aromatic N) is 1. The molecule has 1 aliphatic heterocycles. The Labute approximate surface area is 61.8 Å². The normalized spacial score (nSPS) is 42.6. The van der Waals surface area contributed by atoms with Crippen molar-refractivity contribution < 1.29 is 5.11 Å². The Morgan fingerprint density at radius 3 is 2.60 bits per heavy atom. The first-order valence-electron chi connectivity index (χ1n) is 3.65. The Balaban J connectivity index is 2.61. The molecule has 0 spiro atoms. The van der Waals surface area contributed by atoms with E-state index in [1.807, 2.05) is 14.0 Å². The molecular formula is C7H16N2O. The van der Waals surface area contributed by atoms with Crippen LogP contribution in [0.15, 0.2) is 0 Å². The molecular weight excluding hydrogens is 128 g/mol. The lowest BCUT2D eigenvalue weighted by Crippen LogP contribution is -2.38. The highest BCUT2D eigenvalue weighted by molar-refractivity contribution is 4.93. The Kier molecular flexibility index (Phi) is 1.99. The maximum absolute atomic E-state index is 9.50. The second-order valence-corrected chi connectivity index (χ2v) is 3.57. The number of aliphatic hydroxyl groups excluding tert-OH is 1. The van der Waals surface area contributed by atoms with Gasteiger partial charge in [-0.05, 0) is 7.05 Å². The highest BCUT2D eigenvalue weighted by atomic mass is 16.3. The van der Waals surface area contributed by atoms with Crippen LogP contribution in [0.2, 0.25) is 0 Å². The Hall–Kier alpha value is -0.120. The van der Waals surface area contributed by atoms with Gasteiger partial charge in [-0.1, -0.05) is 6.92 Å². The molecule has 60 valence electrons. The summed E-state index contributed by atoms with van der Waals surface area (Å²) >= 11 is 0. The van der Waals surface area contributed by atoms with Crippen LogP contribution in [-0.4, -0.2) is 42.8 Å². The molecule has 0 aromatic carbocycles. The highest BCUT2D eigenvalue weighted by Crippen LogP contribution is 2.27. The second kappa shape index (κ2) is 2.49. The number of rotatable bonds is 1. The summed E-state index contributed by atoms with van der Waals surface area (Å²) in [4.78, 5) is 2.11. The molecule has 2 atom stereocenters. The minimum atomic E-state index is -0.248. The van der Waals surface area contributed by atoms with E-state index in [0.717, 1.165) is 13.1 Å². The van der Waals surface area contributed by atoms with E-state index >= 15 is 0 Å². The van der Waals surface area contributed by atoms with E-state index in [-0.39, 0.29) is 11.5 Å². The molecule has 3 nitrogen and oxygen atoms in total. The molecule has 0 radical (unpaired) electrons. The number of likely N-dealkylation sites (tertiary alicyclic amines) is 1. The molecule has 1 aliphatic rings. The zero-order valence-electron chi connectivity index (χ0n) is 6.67. The van der Waals surface area contributed by atoms with Gasteiger partial charge in [0.2, 0.25) is 0 Å². The van der Waals surface area contributed by atoms with Gasteiger partial charge in [-0.3, -0.25) is 0 Å². The van der Waals surface area contributed by atoms with Crippen LogP contribution in [0.25, 0.3) is 0 Å². The van der Waals surface area contributed by atoms with E-state index in [1.165, 1.54) is 0 Å². The molecule has 0 saturated carbocycles. The Bertz CT molecular complexity index is 129. The summed E-state index contributed by atoms with van der Waals surface area (Å²) in [7, 11) is 2.00. The summed E-state index contributed by atoms with van der Waals surface area (Å²) in [6.07, 6.45) is -0.248. The number of hydrogen-bond donors (Lipinski definition) is 2. The van der Waals surface area contributed by atoms with Gasteiger partial charge in [0.05, 0.1) is 6.10 Å². The largest absolute Gasteiger partial charge is 0.391 e. The summed E-state index contributed by atoms with van der Waals surface area (Å²) in [5.74, 6) is 0. The van der Waals surface area contributed by atoms with E-state index in [2.05, 4.69) is 4.90 Å². The van der Waals surface area contributed by atoms with Crippen LogP contribution >= 0.6 is 0 Å². The maximum atomic E-state index is 9.50. The third-order valence-corrected chi connectivity index (χ3v) is 2.39. The van der Waals surface area contributed by atoms with Gasteiger partial charge in [0.1, 0.15) is 0 Å². The molecule has 0 aromatic heterocycles. The van der Waals surface area contributed by atoms with E-state index in [4.69, 9.17) is 5.73 Å². The van der Waals surface area contributed by atoms with E-state index in [0.29, 0.717) is 6.54 Å². The summed E-state index contributed by atoms with van der Waals surface area (Å²) in [6, 6.07) is 0. The standard InChI is InChI=1S/C7H16N2O/c1-7(4-8)5-9(2)3-6(7)10/h6,10H,3-5,8H2,1-2H3. The van der Waals surface area contributed by atoms with Crippen LogP contribution in [-0.2, 0) is 0 Å². The minimum Gasteiger partial charge on any atom is -0.391 e. The summed E-state index contributed by atoms with van der Waals surface area (Å²) in [5.41, 5.74) is 5.46. The molecule has 1 fully saturated rings. The van der Waals surface area contributed by atoms with Crippen molar-refractivity contribution in [3.05, 3.63) is 0 Å². The van der Waals surface area contributed by atoms with Crippen molar-refractivity contribution in [1.82, 2.24) is 4.90 Å². The van der Waals surface area contributed by atoms with Crippen molar-refractivity contribution in [2.75, 3.05) is 26.7 Å². The van der Waals surface area contributed by atoms with Crippen molar-refractivity contribution >= 4 is 0 Å². The van der Waals surface area contributed by atoms with Gasteiger partial charge < -0.3 is 15.7 Å². The lowest BCUT2D eigenvalue weighted by molar-refractivity contribution is 0.0886. The molecule has 2 unspecified atom stereocenters. The highest BCUT2D eigenvalue weighted by Gasteiger charge is 2.39. The van der Waals surface area contributed by atoms with Gasteiger partial charge in [-0.2, -0.15) is 0 Å². The fourth-order valence-electron chi connectivity index (χ4n) is 1.50. The molecule has 0 aromatic rings. The first-order chi connectivity index (χ1) is 4.58. The predicted octanol–water partition coefficient (Wildman–Crippen LogP) is -0.742.